The molecule has 2 aromatic carbocycles. The lowest BCUT2D eigenvalue weighted by molar-refractivity contribution is 0.0996. The lowest BCUT2D eigenvalue weighted by Gasteiger charge is -2.14. The van der Waals surface area contributed by atoms with Crippen LogP contribution in [0.3, 0.4) is 0 Å². The van der Waals surface area contributed by atoms with E-state index in [9.17, 15) is 14.2 Å². The van der Waals surface area contributed by atoms with Gasteiger partial charge in [0.15, 0.2) is 11.2 Å². The Kier molecular flexibility index (Phi) is 5.79. The standard InChI is InChI=1S/C20H20NO6P/c1-13-18(22)16-6-4-5-7-17(16)27-19(13)20(23)21-15-10-8-14(9-11-15)12-28(24,25-2)26-3/h4-11H,12H2,1-3H3,(H,21,23). The van der Waals surface area contributed by atoms with Gasteiger partial charge in [-0.1, -0.05) is 24.3 Å². The molecule has 0 saturated carbocycles. The molecule has 0 atom stereocenters. The molecule has 3 rings (SSSR count). The Labute approximate surface area is 161 Å². The summed E-state index contributed by atoms with van der Waals surface area (Å²) in [4.78, 5) is 25.1. The van der Waals surface area contributed by atoms with Crippen LogP contribution in [0.2, 0.25) is 0 Å². The summed E-state index contributed by atoms with van der Waals surface area (Å²) in [5, 5.41) is 3.14. The Morgan fingerprint density at radius 3 is 2.36 bits per heavy atom. The van der Waals surface area contributed by atoms with Crippen LogP contribution in [-0.2, 0) is 19.8 Å². The summed E-state index contributed by atoms with van der Waals surface area (Å²) in [6.45, 7) is 1.56. The maximum absolute atomic E-state index is 12.6. The topological polar surface area (TPSA) is 94.8 Å². The zero-order valence-corrected chi connectivity index (χ0v) is 16.6. The highest BCUT2D eigenvalue weighted by atomic mass is 31.2. The van der Waals surface area contributed by atoms with Crippen LogP contribution in [0.4, 0.5) is 5.69 Å². The fraction of sp³-hybridized carbons (Fsp3) is 0.200. The first-order valence-electron chi connectivity index (χ1n) is 8.50. The quantitative estimate of drug-likeness (QED) is 0.618. The highest BCUT2D eigenvalue weighted by molar-refractivity contribution is 7.52. The van der Waals surface area contributed by atoms with Crippen molar-refractivity contribution in [2.24, 2.45) is 0 Å². The Hall–Kier alpha value is -2.73. The highest BCUT2D eigenvalue weighted by Crippen LogP contribution is 2.49. The van der Waals surface area contributed by atoms with E-state index in [0.29, 0.717) is 16.7 Å². The van der Waals surface area contributed by atoms with Crippen LogP contribution in [0.5, 0.6) is 0 Å². The molecule has 8 heteroatoms. The Morgan fingerprint density at radius 1 is 1.07 bits per heavy atom. The monoisotopic (exact) mass is 401 g/mol. The van der Waals surface area contributed by atoms with E-state index in [0.717, 1.165) is 5.56 Å². The van der Waals surface area contributed by atoms with E-state index in [1.54, 1.807) is 55.5 Å². The minimum Gasteiger partial charge on any atom is -0.450 e. The summed E-state index contributed by atoms with van der Waals surface area (Å²) in [6.07, 6.45) is 0.118. The molecule has 0 spiro atoms. The van der Waals surface area contributed by atoms with Crippen LogP contribution in [-0.4, -0.2) is 20.1 Å². The molecule has 0 unspecified atom stereocenters. The van der Waals surface area contributed by atoms with E-state index in [2.05, 4.69) is 5.32 Å². The lowest BCUT2D eigenvalue weighted by Crippen LogP contribution is -2.18. The fourth-order valence-corrected chi connectivity index (χ4v) is 3.83. The number of amides is 1. The number of carbonyl (C=O) groups is 1. The molecule has 1 aromatic heterocycles. The predicted molar refractivity (Wildman–Crippen MR) is 107 cm³/mol. The number of benzene rings is 2. The van der Waals surface area contributed by atoms with E-state index >= 15 is 0 Å². The molecule has 28 heavy (non-hydrogen) atoms. The zero-order chi connectivity index (χ0) is 20.3. The molecule has 146 valence electrons. The molecular weight excluding hydrogens is 381 g/mol. The molecule has 1 heterocycles. The largest absolute Gasteiger partial charge is 0.450 e. The smallest absolute Gasteiger partial charge is 0.334 e. The number of fused-ring (bicyclic) bond motifs is 1. The van der Waals surface area contributed by atoms with Crippen molar-refractivity contribution >= 4 is 30.2 Å². The van der Waals surface area contributed by atoms with Crippen molar-refractivity contribution < 1.29 is 22.8 Å². The molecule has 3 aromatic rings. The molecule has 0 aliphatic heterocycles. The van der Waals surface area contributed by atoms with Crippen molar-refractivity contribution in [2.75, 3.05) is 19.5 Å². The normalized spacial score (nSPS) is 11.5. The van der Waals surface area contributed by atoms with Crippen LogP contribution >= 0.6 is 7.60 Å². The molecular formula is C20H20NO6P. The second kappa shape index (κ2) is 8.10. The van der Waals surface area contributed by atoms with Gasteiger partial charge in [-0.3, -0.25) is 14.2 Å². The number of rotatable bonds is 6. The third-order valence-electron chi connectivity index (χ3n) is 4.38. The highest BCUT2D eigenvalue weighted by Gasteiger charge is 2.22. The number of carbonyl (C=O) groups excluding carboxylic acids is 1. The first kappa shape index (κ1) is 20.0. The van der Waals surface area contributed by atoms with Crippen molar-refractivity contribution in [3.8, 4) is 0 Å². The summed E-state index contributed by atoms with van der Waals surface area (Å²) in [6, 6.07) is 13.5. The third-order valence-corrected chi connectivity index (χ3v) is 6.24. The van der Waals surface area contributed by atoms with Crippen LogP contribution < -0.4 is 10.7 Å². The summed E-state index contributed by atoms with van der Waals surface area (Å²) in [5.74, 6) is -0.552. The SMILES string of the molecule is COP(=O)(Cc1ccc(NC(=O)c2oc3ccccc3c(=O)c2C)cc1)OC. The van der Waals surface area contributed by atoms with E-state index in [1.807, 2.05) is 0 Å². The molecule has 0 radical (unpaired) electrons. The third kappa shape index (κ3) is 4.07. The molecule has 0 saturated heterocycles. The number of para-hydroxylation sites is 1. The molecule has 7 nitrogen and oxygen atoms in total. The zero-order valence-electron chi connectivity index (χ0n) is 15.7. The van der Waals surface area contributed by atoms with Gasteiger partial charge in [-0.25, -0.2) is 0 Å². The maximum Gasteiger partial charge on any atom is 0.334 e. The molecule has 0 bridgehead atoms. The minimum atomic E-state index is -3.17. The number of nitrogens with one attached hydrogen (secondary N) is 1. The van der Waals surface area contributed by atoms with Gasteiger partial charge in [0, 0.05) is 25.5 Å². The molecule has 1 amide bonds. The second-order valence-corrected chi connectivity index (χ2v) is 8.44. The average Bonchev–Trinajstić information content (AvgIpc) is 2.72. The number of hydrogen-bond donors (Lipinski definition) is 1. The summed E-state index contributed by atoms with van der Waals surface area (Å²) in [5.41, 5.74) is 1.60. The van der Waals surface area contributed by atoms with Crippen LogP contribution in [0.15, 0.2) is 57.7 Å². The van der Waals surface area contributed by atoms with E-state index < -0.39 is 13.5 Å². The van der Waals surface area contributed by atoms with E-state index in [-0.39, 0.29) is 22.9 Å². The van der Waals surface area contributed by atoms with Crippen LogP contribution in [0, 0.1) is 6.92 Å². The summed E-state index contributed by atoms with van der Waals surface area (Å²) < 4.78 is 27.7. The molecule has 1 N–H and O–H groups in total. The predicted octanol–water partition coefficient (Wildman–Crippen LogP) is 4.34. The van der Waals surface area contributed by atoms with Gasteiger partial charge in [0.2, 0.25) is 0 Å². The van der Waals surface area contributed by atoms with Gasteiger partial charge in [-0.2, -0.15) is 0 Å². The number of anilines is 1. The van der Waals surface area contributed by atoms with Crippen molar-refractivity contribution in [3.63, 3.8) is 0 Å². The fourth-order valence-electron chi connectivity index (χ4n) is 2.76. The minimum absolute atomic E-state index is 0.0314. The van der Waals surface area contributed by atoms with Crippen molar-refractivity contribution in [3.05, 3.63) is 75.6 Å². The van der Waals surface area contributed by atoms with Gasteiger partial charge >= 0.3 is 7.60 Å². The van der Waals surface area contributed by atoms with Gasteiger partial charge < -0.3 is 18.8 Å². The van der Waals surface area contributed by atoms with Crippen LogP contribution in [0.1, 0.15) is 21.7 Å². The average molecular weight is 401 g/mol. The van der Waals surface area contributed by atoms with E-state index in [4.69, 9.17) is 13.5 Å². The van der Waals surface area contributed by atoms with Crippen molar-refractivity contribution in [1.29, 1.82) is 0 Å². The van der Waals surface area contributed by atoms with Gasteiger partial charge in [-0.15, -0.1) is 0 Å². The lowest BCUT2D eigenvalue weighted by atomic mass is 10.1. The second-order valence-electron chi connectivity index (χ2n) is 6.17. The number of hydrogen-bond acceptors (Lipinski definition) is 6. The maximum atomic E-state index is 12.6. The Balaban J connectivity index is 1.82. The Bertz CT molecular complexity index is 1110. The van der Waals surface area contributed by atoms with Gasteiger partial charge in [0.05, 0.1) is 11.5 Å². The van der Waals surface area contributed by atoms with Gasteiger partial charge in [-0.05, 0) is 36.8 Å². The first-order valence-corrected chi connectivity index (χ1v) is 10.2. The van der Waals surface area contributed by atoms with Gasteiger partial charge in [0.1, 0.15) is 5.58 Å². The Morgan fingerprint density at radius 2 is 1.71 bits per heavy atom. The first-order chi connectivity index (χ1) is 13.4. The molecule has 0 fully saturated rings. The summed E-state index contributed by atoms with van der Waals surface area (Å²) >= 11 is 0. The summed E-state index contributed by atoms with van der Waals surface area (Å²) in [7, 11) is -0.502. The molecule has 0 aliphatic rings. The molecule has 0 aliphatic carbocycles. The van der Waals surface area contributed by atoms with Gasteiger partial charge in [0.25, 0.3) is 5.91 Å². The van der Waals surface area contributed by atoms with Crippen molar-refractivity contribution in [1.82, 2.24) is 0 Å². The van der Waals surface area contributed by atoms with Crippen molar-refractivity contribution in [2.45, 2.75) is 13.1 Å². The van der Waals surface area contributed by atoms with Crippen LogP contribution in [0.25, 0.3) is 11.0 Å². The van der Waals surface area contributed by atoms with E-state index in [1.165, 1.54) is 14.2 Å².